The zero-order chi connectivity index (χ0) is 13.8. The zero-order valence-electron chi connectivity index (χ0n) is 11.1. The number of ether oxygens (including phenoxy) is 1. The molecule has 0 saturated carbocycles. The maximum Gasteiger partial charge on any atom is 0.356 e. The molecule has 1 rings (SSSR count). The fraction of sp³-hybridized carbons (Fsp3) is 0.615. The molecule has 5 heteroatoms. The van der Waals surface area contributed by atoms with Crippen molar-refractivity contribution in [2.75, 3.05) is 6.61 Å². The van der Waals surface area contributed by atoms with Crippen molar-refractivity contribution in [3.8, 4) is 0 Å². The van der Waals surface area contributed by atoms with Crippen LogP contribution in [0, 0.1) is 11.3 Å². The summed E-state index contributed by atoms with van der Waals surface area (Å²) in [6.07, 6.45) is 10.2. The van der Waals surface area contributed by atoms with Gasteiger partial charge in [0.25, 0.3) is 0 Å². The van der Waals surface area contributed by atoms with Crippen LogP contribution in [0.2, 0.25) is 0 Å². The molecule has 1 aliphatic rings. The van der Waals surface area contributed by atoms with Crippen LogP contribution in [-0.4, -0.2) is 18.4 Å². The predicted molar refractivity (Wildman–Crippen MR) is 71.0 cm³/mol. The van der Waals surface area contributed by atoms with Crippen LogP contribution in [-0.2, 0) is 9.53 Å². The van der Waals surface area contributed by atoms with Crippen molar-refractivity contribution in [3.05, 3.63) is 24.3 Å². The third-order valence-electron chi connectivity index (χ3n) is 2.93. The maximum atomic E-state index is 11.4. The summed E-state index contributed by atoms with van der Waals surface area (Å²) in [5, 5.41) is 0. The molecule has 0 aromatic rings. The molecule has 0 fully saturated rings. The SMILES string of the molecule is CC1C=CCC=CC(C)(COC(=O)C(N)(N)N)C1. The summed E-state index contributed by atoms with van der Waals surface area (Å²) in [5.74, 6) is -2.29. The number of hydrogen-bond acceptors (Lipinski definition) is 5. The molecule has 2 atom stereocenters. The van der Waals surface area contributed by atoms with Gasteiger partial charge in [0.1, 0.15) is 6.61 Å². The average molecular weight is 253 g/mol. The lowest BCUT2D eigenvalue weighted by Crippen LogP contribution is -2.65. The van der Waals surface area contributed by atoms with E-state index >= 15 is 0 Å². The van der Waals surface area contributed by atoms with Gasteiger partial charge in [-0.2, -0.15) is 0 Å². The van der Waals surface area contributed by atoms with E-state index in [1.165, 1.54) is 0 Å². The molecule has 0 aromatic carbocycles. The molecule has 0 saturated heterocycles. The third-order valence-corrected chi connectivity index (χ3v) is 2.93. The molecule has 6 N–H and O–H groups in total. The maximum absolute atomic E-state index is 11.4. The van der Waals surface area contributed by atoms with Crippen LogP contribution in [0.5, 0.6) is 0 Å². The number of carbonyl (C=O) groups is 1. The minimum atomic E-state index is -1.92. The molecule has 0 heterocycles. The second-order valence-corrected chi connectivity index (χ2v) is 5.41. The third kappa shape index (κ3) is 4.60. The molecule has 0 aromatic heterocycles. The van der Waals surface area contributed by atoms with Gasteiger partial charge in [-0.1, -0.05) is 38.2 Å². The first-order valence-corrected chi connectivity index (χ1v) is 6.11. The van der Waals surface area contributed by atoms with Crippen LogP contribution in [0.1, 0.15) is 26.7 Å². The van der Waals surface area contributed by atoms with E-state index < -0.39 is 11.8 Å². The molecular weight excluding hydrogens is 230 g/mol. The minimum Gasteiger partial charge on any atom is -0.461 e. The van der Waals surface area contributed by atoms with Crippen molar-refractivity contribution in [2.24, 2.45) is 28.5 Å². The molecule has 2 unspecified atom stereocenters. The summed E-state index contributed by atoms with van der Waals surface area (Å²) in [4.78, 5) is 11.4. The highest BCUT2D eigenvalue weighted by atomic mass is 16.5. The number of rotatable bonds is 3. The summed E-state index contributed by atoms with van der Waals surface area (Å²) in [6, 6.07) is 0. The summed E-state index contributed by atoms with van der Waals surface area (Å²) in [6.45, 7) is 4.40. The number of hydrogen-bond donors (Lipinski definition) is 3. The second kappa shape index (κ2) is 5.65. The molecular formula is C13H23N3O2. The number of carbonyl (C=O) groups excluding carboxylic acids is 1. The van der Waals surface area contributed by atoms with E-state index in [4.69, 9.17) is 21.9 Å². The topological polar surface area (TPSA) is 104 Å². The van der Waals surface area contributed by atoms with E-state index in [2.05, 4.69) is 31.2 Å². The Morgan fingerprint density at radius 2 is 2.11 bits per heavy atom. The van der Waals surface area contributed by atoms with Crippen molar-refractivity contribution in [3.63, 3.8) is 0 Å². The van der Waals surface area contributed by atoms with E-state index in [-0.39, 0.29) is 12.0 Å². The second-order valence-electron chi connectivity index (χ2n) is 5.41. The molecule has 18 heavy (non-hydrogen) atoms. The van der Waals surface area contributed by atoms with Crippen LogP contribution < -0.4 is 17.2 Å². The first kappa shape index (κ1) is 14.9. The quantitative estimate of drug-likeness (QED) is 0.388. The van der Waals surface area contributed by atoms with Gasteiger partial charge in [-0.25, -0.2) is 4.79 Å². The molecule has 5 nitrogen and oxygen atoms in total. The first-order valence-electron chi connectivity index (χ1n) is 6.11. The Bertz CT molecular complexity index is 358. The van der Waals surface area contributed by atoms with Gasteiger partial charge in [0, 0.05) is 5.41 Å². The van der Waals surface area contributed by atoms with Crippen molar-refractivity contribution in [1.82, 2.24) is 0 Å². The van der Waals surface area contributed by atoms with Crippen molar-refractivity contribution < 1.29 is 9.53 Å². The zero-order valence-corrected chi connectivity index (χ0v) is 11.1. The molecule has 0 radical (unpaired) electrons. The Balaban J connectivity index is 2.63. The largest absolute Gasteiger partial charge is 0.461 e. The standard InChI is InChI=1S/C13H23N3O2/c1-10-6-4-3-5-7-12(2,8-10)9-18-11(17)13(14,15)16/h4-7,10H,3,8-9,14-16H2,1-2H3. The van der Waals surface area contributed by atoms with Gasteiger partial charge in [0.05, 0.1) is 0 Å². The molecule has 0 amide bonds. The van der Waals surface area contributed by atoms with Gasteiger partial charge in [-0.05, 0) is 18.8 Å². The van der Waals surface area contributed by atoms with Crippen LogP contribution in [0.4, 0.5) is 0 Å². The Morgan fingerprint density at radius 3 is 2.72 bits per heavy atom. The fourth-order valence-corrected chi connectivity index (χ4v) is 2.08. The van der Waals surface area contributed by atoms with Crippen LogP contribution >= 0.6 is 0 Å². The van der Waals surface area contributed by atoms with Gasteiger partial charge in [0.15, 0.2) is 0 Å². The lowest BCUT2D eigenvalue weighted by atomic mass is 9.80. The predicted octanol–water partition coefficient (Wildman–Crippen LogP) is 0.608. The molecule has 0 spiro atoms. The van der Waals surface area contributed by atoms with E-state index in [9.17, 15) is 4.79 Å². The molecule has 102 valence electrons. The average Bonchev–Trinajstić information content (AvgIpc) is 2.21. The van der Waals surface area contributed by atoms with Crippen LogP contribution in [0.15, 0.2) is 24.3 Å². The van der Waals surface area contributed by atoms with E-state index in [1.807, 2.05) is 6.92 Å². The fourth-order valence-electron chi connectivity index (χ4n) is 2.08. The van der Waals surface area contributed by atoms with Gasteiger partial charge in [0.2, 0.25) is 5.79 Å². The van der Waals surface area contributed by atoms with Crippen LogP contribution in [0.3, 0.4) is 0 Å². The molecule has 1 aliphatic carbocycles. The van der Waals surface area contributed by atoms with E-state index in [0.717, 1.165) is 12.8 Å². The monoisotopic (exact) mass is 253 g/mol. The summed E-state index contributed by atoms with van der Waals surface area (Å²) < 4.78 is 5.10. The van der Waals surface area contributed by atoms with Gasteiger partial charge in [-0.15, -0.1) is 0 Å². The smallest absolute Gasteiger partial charge is 0.356 e. The van der Waals surface area contributed by atoms with Crippen LogP contribution in [0.25, 0.3) is 0 Å². The van der Waals surface area contributed by atoms with Gasteiger partial charge < -0.3 is 4.74 Å². The summed E-state index contributed by atoms with van der Waals surface area (Å²) in [5.41, 5.74) is 15.6. The minimum absolute atomic E-state index is 0.217. The Kier molecular flexibility index (Phi) is 4.67. The summed E-state index contributed by atoms with van der Waals surface area (Å²) >= 11 is 0. The molecule has 0 aliphatic heterocycles. The number of esters is 1. The summed E-state index contributed by atoms with van der Waals surface area (Å²) in [7, 11) is 0. The normalized spacial score (nSPS) is 28.6. The Labute approximate surface area is 108 Å². The Hall–Kier alpha value is -1.17. The van der Waals surface area contributed by atoms with Crippen molar-refractivity contribution in [2.45, 2.75) is 32.5 Å². The van der Waals surface area contributed by atoms with E-state index in [1.54, 1.807) is 0 Å². The molecule has 0 bridgehead atoms. The number of nitrogens with two attached hydrogens (primary N) is 3. The lowest BCUT2D eigenvalue weighted by molar-refractivity contribution is -0.152. The van der Waals surface area contributed by atoms with Crippen molar-refractivity contribution >= 4 is 5.97 Å². The first-order chi connectivity index (χ1) is 8.23. The lowest BCUT2D eigenvalue weighted by Gasteiger charge is -2.30. The van der Waals surface area contributed by atoms with Gasteiger partial charge in [-0.3, -0.25) is 17.2 Å². The van der Waals surface area contributed by atoms with E-state index in [0.29, 0.717) is 5.92 Å². The highest BCUT2D eigenvalue weighted by Gasteiger charge is 2.30. The number of allylic oxidation sites excluding steroid dienone is 3. The highest BCUT2D eigenvalue weighted by molar-refractivity contribution is 5.78. The highest BCUT2D eigenvalue weighted by Crippen LogP contribution is 2.30. The van der Waals surface area contributed by atoms with Crippen molar-refractivity contribution in [1.29, 1.82) is 0 Å². The Morgan fingerprint density at radius 1 is 1.44 bits per heavy atom. The van der Waals surface area contributed by atoms with Gasteiger partial charge >= 0.3 is 5.97 Å².